The standard InChI is InChI=1S/C14H9Cl2F3N2O2/c1-23-12-7(4-8(15)5-10(12)16)2-3-9-6-11(14(17,18)19)21-13(22)20-9/h2-6H,1H3,(H,20,21,22). The number of aromatic amines is 1. The Bertz CT molecular complexity index is 817. The summed E-state index contributed by atoms with van der Waals surface area (Å²) < 4.78 is 43.1. The molecule has 0 bridgehead atoms. The van der Waals surface area contributed by atoms with Gasteiger partial charge in [0.2, 0.25) is 0 Å². The molecule has 2 aromatic rings. The molecule has 1 N–H and O–H groups in total. The molecule has 122 valence electrons. The molecule has 0 fully saturated rings. The quantitative estimate of drug-likeness (QED) is 0.884. The molecular weight excluding hydrogens is 356 g/mol. The number of benzene rings is 1. The van der Waals surface area contributed by atoms with Crippen molar-refractivity contribution in [2.24, 2.45) is 0 Å². The van der Waals surface area contributed by atoms with Crippen LogP contribution in [0.4, 0.5) is 13.2 Å². The van der Waals surface area contributed by atoms with E-state index in [4.69, 9.17) is 27.9 Å². The van der Waals surface area contributed by atoms with Crippen LogP contribution in [0, 0.1) is 0 Å². The van der Waals surface area contributed by atoms with Gasteiger partial charge in [0, 0.05) is 10.6 Å². The first-order valence-corrected chi connectivity index (χ1v) is 6.86. The Labute approximate surface area is 138 Å². The van der Waals surface area contributed by atoms with Gasteiger partial charge in [0.15, 0.2) is 0 Å². The van der Waals surface area contributed by atoms with Crippen molar-refractivity contribution < 1.29 is 17.9 Å². The minimum atomic E-state index is -4.68. The number of methoxy groups -OCH3 is 1. The topological polar surface area (TPSA) is 55.0 Å². The van der Waals surface area contributed by atoms with Gasteiger partial charge in [-0.2, -0.15) is 18.2 Å². The minimum Gasteiger partial charge on any atom is -0.495 e. The van der Waals surface area contributed by atoms with E-state index in [0.717, 1.165) is 6.07 Å². The zero-order valence-electron chi connectivity index (χ0n) is 11.5. The number of nitrogens with one attached hydrogen (secondary N) is 1. The first kappa shape index (κ1) is 17.4. The SMILES string of the molecule is COc1c(Cl)cc(Cl)cc1C=Cc1cc(C(F)(F)F)[nH]c(=O)n1. The van der Waals surface area contributed by atoms with Gasteiger partial charge in [0.1, 0.15) is 11.4 Å². The number of hydrogen-bond donors (Lipinski definition) is 1. The van der Waals surface area contributed by atoms with Crippen LogP contribution in [0.5, 0.6) is 5.75 Å². The number of H-pyrrole nitrogens is 1. The predicted molar refractivity (Wildman–Crippen MR) is 81.8 cm³/mol. The fourth-order valence-electron chi connectivity index (χ4n) is 1.81. The van der Waals surface area contributed by atoms with Crippen LogP contribution < -0.4 is 10.4 Å². The lowest BCUT2D eigenvalue weighted by molar-refractivity contribution is -0.141. The number of halogens is 5. The Morgan fingerprint density at radius 3 is 2.52 bits per heavy atom. The van der Waals surface area contributed by atoms with E-state index in [-0.39, 0.29) is 10.7 Å². The van der Waals surface area contributed by atoms with Crippen molar-refractivity contribution in [1.29, 1.82) is 0 Å². The van der Waals surface area contributed by atoms with Gasteiger partial charge >= 0.3 is 11.9 Å². The summed E-state index contributed by atoms with van der Waals surface area (Å²) in [5.74, 6) is 0.299. The average Bonchev–Trinajstić information content (AvgIpc) is 2.43. The van der Waals surface area contributed by atoms with E-state index in [0.29, 0.717) is 16.3 Å². The molecule has 2 rings (SSSR count). The Morgan fingerprint density at radius 2 is 1.91 bits per heavy atom. The molecule has 1 aromatic heterocycles. The van der Waals surface area contributed by atoms with Crippen LogP contribution in [-0.4, -0.2) is 17.1 Å². The van der Waals surface area contributed by atoms with Crippen LogP contribution >= 0.6 is 23.2 Å². The van der Waals surface area contributed by atoms with E-state index in [1.165, 1.54) is 31.4 Å². The van der Waals surface area contributed by atoms with Gasteiger partial charge in [0.05, 0.1) is 17.8 Å². The number of nitrogens with zero attached hydrogens (tertiary/aromatic N) is 1. The second-order valence-electron chi connectivity index (χ2n) is 4.37. The van der Waals surface area contributed by atoms with E-state index in [1.54, 1.807) is 4.98 Å². The molecule has 1 heterocycles. The smallest absolute Gasteiger partial charge is 0.431 e. The second kappa shape index (κ2) is 6.64. The molecule has 4 nitrogen and oxygen atoms in total. The molecular formula is C14H9Cl2F3N2O2. The molecule has 0 aliphatic rings. The highest BCUT2D eigenvalue weighted by Gasteiger charge is 2.32. The van der Waals surface area contributed by atoms with Crippen molar-refractivity contribution in [1.82, 2.24) is 9.97 Å². The third kappa shape index (κ3) is 4.27. The van der Waals surface area contributed by atoms with Crippen molar-refractivity contribution in [3.05, 3.63) is 55.7 Å². The number of hydrogen-bond acceptors (Lipinski definition) is 3. The first-order chi connectivity index (χ1) is 10.7. The van der Waals surface area contributed by atoms with Crippen molar-refractivity contribution in [3.8, 4) is 5.75 Å². The van der Waals surface area contributed by atoms with E-state index in [9.17, 15) is 18.0 Å². The maximum Gasteiger partial charge on any atom is 0.431 e. The van der Waals surface area contributed by atoms with E-state index in [2.05, 4.69) is 4.98 Å². The molecule has 0 amide bonds. The summed E-state index contributed by atoms with van der Waals surface area (Å²) in [6.07, 6.45) is -2.05. The van der Waals surface area contributed by atoms with Gasteiger partial charge < -0.3 is 9.72 Å². The lowest BCUT2D eigenvalue weighted by atomic mass is 10.1. The van der Waals surface area contributed by atoms with Gasteiger partial charge in [-0.05, 0) is 30.4 Å². The fourth-order valence-corrected chi connectivity index (χ4v) is 2.40. The lowest BCUT2D eigenvalue weighted by Crippen LogP contribution is -2.19. The monoisotopic (exact) mass is 364 g/mol. The van der Waals surface area contributed by atoms with Gasteiger partial charge in [-0.25, -0.2) is 4.79 Å². The van der Waals surface area contributed by atoms with Gasteiger partial charge in [-0.3, -0.25) is 0 Å². The number of ether oxygens (including phenoxy) is 1. The van der Waals surface area contributed by atoms with Gasteiger partial charge in [-0.15, -0.1) is 0 Å². The summed E-state index contributed by atoms with van der Waals surface area (Å²) in [6, 6.07) is 3.70. The third-order valence-electron chi connectivity index (χ3n) is 2.74. The molecule has 0 unspecified atom stereocenters. The molecule has 0 saturated heterocycles. The molecule has 0 spiro atoms. The number of alkyl halides is 3. The van der Waals surface area contributed by atoms with Crippen LogP contribution in [0.1, 0.15) is 17.0 Å². The summed E-state index contributed by atoms with van der Waals surface area (Å²) in [6.45, 7) is 0. The van der Waals surface area contributed by atoms with Crippen molar-refractivity contribution >= 4 is 35.4 Å². The van der Waals surface area contributed by atoms with Gasteiger partial charge in [0.25, 0.3) is 0 Å². The maximum absolute atomic E-state index is 12.7. The van der Waals surface area contributed by atoms with Crippen LogP contribution in [-0.2, 0) is 6.18 Å². The number of aromatic nitrogens is 2. The third-order valence-corrected chi connectivity index (χ3v) is 3.24. The molecule has 0 saturated carbocycles. The predicted octanol–water partition coefficient (Wildman–Crippen LogP) is 4.27. The second-order valence-corrected chi connectivity index (χ2v) is 5.21. The summed E-state index contributed by atoms with van der Waals surface area (Å²) in [5, 5.41) is 0.569. The minimum absolute atomic E-state index is 0.167. The Hall–Kier alpha value is -1.99. The van der Waals surface area contributed by atoms with Crippen LogP contribution in [0.2, 0.25) is 10.0 Å². The molecule has 1 aromatic carbocycles. The maximum atomic E-state index is 12.7. The van der Waals surface area contributed by atoms with Crippen molar-refractivity contribution in [2.75, 3.05) is 7.11 Å². The van der Waals surface area contributed by atoms with E-state index in [1.807, 2.05) is 0 Å². The average molecular weight is 365 g/mol. The molecule has 23 heavy (non-hydrogen) atoms. The first-order valence-electron chi connectivity index (χ1n) is 6.10. The zero-order valence-corrected chi connectivity index (χ0v) is 13.1. The highest BCUT2D eigenvalue weighted by atomic mass is 35.5. The van der Waals surface area contributed by atoms with Gasteiger partial charge in [-0.1, -0.05) is 23.2 Å². The molecule has 0 aliphatic carbocycles. The Balaban J connectivity index is 2.46. The molecule has 0 radical (unpaired) electrons. The Kier molecular flexibility index (Phi) is 5.01. The molecule has 0 aliphatic heterocycles. The van der Waals surface area contributed by atoms with Crippen molar-refractivity contribution in [2.45, 2.75) is 6.18 Å². The normalized spacial score (nSPS) is 11.9. The highest BCUT2D eigenvalue weighted by molar-refractivity contribution is 6.36. The molecule has 0 atom stereocenters. The van der Waals surface area contributed by atoms with Crippen LogP contribution in [0.3, 0.4) is 0 Å². The summed E-state index contributed by atoms with van der Waals surface area (Å²) in [7, 11) is 1.39. The zero-order chi connectivity index (χ0) is 17.2. The Morgan fingerprint density at radius 1 is 1.22 bits per heavy atom. The summed E-state index contributed by atoms with van der Waals surface area (Å²) >= 11 is 11.8. The van der Waals surface area contributed by atoms with Crippen molar-refractivity contribution in [3.63, 3.8) is 0 Å². The van der Waals surface area contributed by atoms with E-state index >= 15 is 0 Å². The number of rotatable bonds is 3. The fraction of sp³-hybridized carbons (Fsp3) is 0.143. The molecule has 9 heteroatoms. The summed E-state index contributed by atoms with van der Waals surface area (Å²) in [5.41, 5.74) is -2.02. The largest absolute Gasteiger partial charge is 0.495 e. The summed E-state index contributed by atoms with van der Waals surface area (Å²) in [4.78, 5) is 16.3. The van der Waals surface area contributed by atoms with E-state index < -0.39 is 17.6 Å². The van der Waals surface area contributed by atoms with Crippen LogP contribution in [0.25, 0.3) is 12.2 Å². The highest BCUT2D eigenvalue weighted by Crippen LogP contribution is 2.33. The lowest BCUT2D eigenvalue weighted by Gasteiger charge is -2.08. The van der Waals surface area contributed by atoms with Crippen LogP contribution in [0.15, 0.2) is 23.0 Å².